The molecule has 2 aromatic heterocycles. The van der Waals surface area contributed by atoms with Crippen LogP contribution in [0.15, 0.2) is 28.8 Å². The summed E-state index contributed by atoms with van der Waals surface area (Å²) >= 11 is 0. The first kappa shape index (κ1) is 18.7. The molecule has 1 aliphatic rings. The van der Waals surface area contributed by atoms with Crippen LogP contribution in [0.2, 0.25) is 0 Å². The Kier molecular flexibility index (Phi) is 4.69. The number of carbonyl (C=O) groups excluding carboxylic acids is 1. The number of carbonyl (C=O) groups is 1. The predicted octanol–water partition coefficient (Wildman–Crippen LogP) is 5.37. The van der Waals surface area contributed by atoms with Crippen molar-refractivity contribution in [3.63, 3.8) is 0 Å². The number of nitrogens with zero attached hydrogens (tertiary/aromatic N) is 3. The van der Waals surface area contributed by atoms with Crippen molar-refractivity contribution >= 4 is 22.7 Å². The number of hydrogen-bond acceptors (Lipinski definition) is 4. The summed E-state index contributed by atoms with van der Waals surface area (Å²) in [4.78, 5) is 20.1. The minimum absolute atomic E-state index is 0.00107. The second kappa shape index (κ2) is 7.04. The molecule has 3 heterocycles. The van der Waals surface area contributed by atoms with Crippen LogP contribution in [-0.4, -0.2) is 22.6 Å². The van der Waals surface area contributed by atoms with Gasteiger partial charge in [-0.1, -0.05) is 45.0 Å². The van der Waals surface area contributed by atoms with Gasteiger partial charge in [0.25, 0.3) is 11.6 Å². The molecule has 3 aromatic rings. The Morgan fingerprint density at radius 3 is 2.64 bits per heavy atom. The highest BCUT2D eigenvalue weighted by Gasteiger charge is 2.28. The quantitative estimate of drug-likeness (QED) is 0.615. The zero-order chi connectivity index (χ0) is 20.0. The second-order valence-electron chi connectivity index (χ2n) is 8.30. The summed E-state index contributed by atoms with van der Waals surface area (Å²) < 4.78 is 5.40. The Morgan fingerprint density at radius 2 is 1.93 bits per heavy atom. The number of benzene rings is 1. The fourth-order valence-corrected chi connectivity index (χ4v) is 3.91. The predicted molar refractivity (Wildman–Crippen MR) is 111 cm³/mol. The lowest BCUT2D eigenvalue weighted by Gasteiger charge is -2.30. The number of rotatable bonds is 3. The monoisotopic (exact) mass is 377 g/mol. The molecule has 5 nitrogen and oxygen atoms in total. The van der Waals surface area contributed by atoms with E-state index >= 15 is 0 Å². The van der Waals surface area contributed by atoms with E-state index in [1.54, 1.807) is 0 Å². The molecule has 28 heavy (non-hydrogen) atoms. The first-order valence-corrected chi connectivity index (χ1v) is 10.1. The van der Waals surface area contributed by atoms with Crippen LogP contribution in [0.3, 0.4) is 0 Å². The van der Waals surface area contributed by atoms with Crippen molar-refractivity contribution in [3.8, 4) is 0 Å². The lowest BCUT2D eigenvalue weighted by molar-refractivity contribution is 0.0986. The first-order valence-electron chi connectivity index (χ1n) is 10.1. The van der Waals surface area contributed by atoms with E-state index < -0.39 is 0 Å². The Morgan fingerprint density at radius 1 is 1.14 bits per heavy atom. The van der Waals surface area contributed by atoms with Gasteiger partial charge in [0.15, 0.2) is 0 Å². The van der Waals surface area contributed by atoms with Crippen molar-refractivity contribution in [2.75, 3.05) is 11.4 Å². The largest absolute Gasteiger partial charge is 0.336 e. The number of pyridine rings is 1. The van der Waals surface area contributed by atoms with Crippen molar-refractivity contribution < 1.29 is 9.32 Å². The van der Waals surface area contributed by atoms with E-state index in [4.69, 9.17) is 4.52 Å². The van der Waals surface area contributed by atoms with Gasteiger partial charge < -0.3 is 9.42 Å². The van der Waals surface area contributed by atoms with Crippen molar-refractivity contribution in [2.45, 2.75) is 59.3 Å². The maximum Gasteiger partial charge on any atom is 0.259 e. The minimum Gasteiger partial charge on any atom is -0.336 e. The standard InChI is InChI=1S/C23H27N3O2/c1-13(2)16-8-9-20-17(11-16)7-6-10-26(20)23(27)18-12-19(14(3)4)24-22-21(18)15(5)25-28-22/h8-9,11-14H,6-7,10H2,1-5H3. The molecule has 1 amide bonds. The normalized spacial score (nSPS) is 14.2. The van der Waals surface area contributed by atoms with Crippen LogP contribution >= 0.6 is 0 Å². The maximum atomic E-state index is 13.6. The molecule has 0 radical (unpaired) electrons. The van der Waals surface area contributed by atoms with E-state index in [1.807, 2.05) is 17.9 Å². The van der Waals surface area contributed by atoms with Gasteiger partial charge in [-0.3, -0.25) is 4.79 Å². The average molecular weight is 377 g/mol. The fourth-order valence-electron chi connectivity index (χ4n) is 3.91. The zero-order valence-corrected chi connectivity index (χ0v) is 17.2. The molecule has 0 atom stereocenters. The number of aromatic nitrogens is 2. The lowest BCUT2D eigenvalue weighted by Crippen LogP contribution is -2.35. The molecule has 0 bridgehead atoms. The Labute approximate surface area is 165 Å². The molecule has 0 spiro atoms. The van der Waals surface area contributed by atoms with Gasteiger partial charge in [-0.2, -0.15) is 0 Å². The molecule has 0 saturated carbocycles. The summed E-state index contributed by atoms with van der Waals surface area (Å²) in [5.74, 6) is 0.673. The summed E-state index contributed by atoms with van der Waals surface area (Å²) in [6, 6.07) is 8.41. The molecule has 0 N–H and O–H groups in total. The first-order chi connectivity index (χ1) is 13.4. The van der Waals surface area contributed by atoms with E-state index in [0.29, 0.717) is 22.9 Å². The van der Waals surface area contributed by atoms with Gasteiger partial charge in [-0.25, -0.2) is 4.98 Å². The fraction of sp³-hybridized carbons (Fsp3) is 0.435. The van der Waals surface area contributed by atoms with E-state index in [1.165, 1.54) is 11.1 Å². The van der Waals surface area contributed by atoms with Gasteiger partial charge in [-0.15, -0.1) is 0 Å². The Balaban J connectivity index is 1.82. The van der Waals surface area contributed by atoms with Crippen LogP contribution in [0.5, 0.6) is 0 Å². The molecule has 4 rings (SSSR count). The van der Waals surface area contributed by atoms with Crippen LogP contribution in [0.1, 0.15) is 78.8 Å². The SMILES string of the molecule is Cc1noc2nc(C(C)C)cc(C(=O)N3CCCc4cc(C(C)C)ccc43)c12. The van der Waals surface area contributed by atoms with Gasteiger partial charge in [0.1, 0.15) is 0 Å². The van der Waals surface area contributed by atoms with E-state index in [-0.39, 0.29) is 11.8 Å². The smallest absolute Gasteiger partial charge is 0.259 e. The number of fused-ring (bicyclic) bond motifs is 2. The van der Waals surface area contributed by atoms with Crippen LogP contribution in [0, 0.1) is 6.92 Å². The number of anilines is 1. The Hall–Kier alpha value is -2.69. The van der Waals surface area contributed by atoms with Crippen LogP contribution in [0.25, 0.3) is 11.1 Å². The summed E-state index contributed by atoms with van der Waals surface area (Å²) in [5, 5.41) is 4.77. The highest BCUT2D eigenvalue weighted by Crippen LogP contribution is 2.33. The van der Waals surface area contributed by atoms with Gasteiger partial charge in [0.2, 0.25) is 0 Å². The molecule has 1 aromatic carbocycles. The molecule has 1 aliphatic heterocycles. The highest BCUT2D eigenvalue weighted by molar-refractivity contribution is 6.14. The molecular formula is C23H27N3O2. The van der Waals surface area contributed by atoms with Crippen LogP contribution in [-0.2, 0) is 6.42 Å². The molecule has 0 aliphatic carbocycles. The van der Waals surface area contributed by atoms with Crippen molar-refractivity contribution in [1.29, 1.82) is 0 Å². The number of hydrogen-bond donors (Lipinski definition) is 0. The Bertz CT molecular complexity index is 1050. The molecule has 0 saturated heterocycles. The third kappa shape index (κ3) is 3.09. The summed E-state index contributed by atoms with van der Waals surface area (Å²) in [6.45, 7) is 11.1. The topological polar surface area (TPSA) is 59.2 Å². The van der Waals surface area contributed by atoms with Gasteiger partial charge >= 0.3 is 0 Å². The summed E-state index contributed by atoms with van der Waals surface area (Å²) in [6.07, 6.45) is 1.98. The van der Waals surface area contributed by atoms with Crippen LogP contribution < -0.4 is 4.90 Å². The molecule has 0 fully saturated rings. The average Bonchev–Trinajstić information content (AvgIpc) is 3.06. The lowest BCUT2D eigenvalue weighted by atomic mass is 9.94. The molecular weight excluding hydrogens is 350 g/mol. The van der Waals surface area contributed by atoms with E-state index in [0.717, 1.165) is 36.2 Å². The third-order valence-electron chi connectivity index (χ3n) is 5.59. The van der Waals surface area contributed by atoms with Gasteiger partial charge in [0.05, 0.1) is 16.6 Å². The highest BCUT2D eigenvalue weighted by atomic mass is 16.5. The maximum absolute atomic E-state index is 13.6. The zero-order valence-electron chi connectivity index (χ0n) is 17.2. The molecule has 5 heteroatoms. The second-order valence-corrected chi connectivity index (χ2v) is 8.30. The minimum atomic E-state index is -0.00107. The molecule has 146 valence electrons. The third-order valence-corrected chi connectivity index (χ3v) is 5.59. The van der Waals surface area contributed by atoms with Gasteiger partial charge in [-0.05, 0) is 54.9 Å². The molecule has 0 unspecified atom stereocenters. The van der Waals surface area contributed by atoms with Crippen molar-refractivity contribution in [1.82, 2.24) is 10.1 Å². The van der Waals surface area contributed by atoms with Crippen molar-refractivity contribution in [2.24, 2.45) is 0 Å². The summed E-state index contributed by atoms with van der Waals surface area (Å²) in [5.41, 5.74) is 6.21. The van der Waals surface area contributed by atoms with Gasteiger partial charge in [0, 0.05) is 17.9 Å². The van der Waals surface area contributed by atoms with Crippen LogP contribution in [0.4, 0.5) is 5.69 Å². The van der Waals surface area contributed by atoms with E-state index in [2.05, 4.69) is 56.0 Å². The number of aryl methyl sites for hydroxylation is 2. The van der Waals surface area contributed by atoms with Crippen molar-refractivity contribution in [3.05, 3.63) is 52.3 Å². The van der Waals surface area contributed by atoms with E-state index in [9.17, 15) is 4.79 Å². The summed E-state index contributed by atoms with van der Waals surface area (Å²) in [7, 11) is 0. The number of amides is 1.